The van der Waals surface area contributed by atoms with Crippen molar-refractivity contribution in [2.45, 2.75) is 23.7 Å². The number of hydrogen-bond donors (Lipinski definition) is 0. The van der Waals surface area contributed by atoms with Gasteiger partial charge in [-0.05, 0) is 43.2 Å². The zero-order valence-electron chi connectivity index (χ0n) is 19.2. The van der Waals surface area contributed by atoms with Crippen molar-refractivity contribution in [3.63, 3.8) is 0 Å². The van der Waals surface area contributed by atoms with Crippen LogP contribution in [0.3, 0.4) is 0 Å². The minimum atomic E-state index is -3.87. The van der Waals surface area contributed by atoms with Crippen LogP contribution in [0.1, 0.15) is 24.6 Å². The first-order valence-corrected chi connectivity index (χ1v) is 12.8. The molecule has 0 bridgehead atoms. The number of hydrogen-bond acceptors (Lipinski definition) is 8. The summed E-state index contributed by atoms with van der Waals surface area (Å²) in [6, 6.07) is 11.0. The zero-order chi connectivity index (χ0) is 25.7. The molecule has 1 fully saturated rings. The number of nitrogens with zero attached hydrogens (tertiary/aromatic N) is 8. The van der Waals surface area contributed by atoms with Crippen LogP contribution in [0.15, 0.2) is 66.0 Å². The molecule has 6 rings (SSSR count). The third kappa shape index (κ3) is 3.99. The normalized spacial score (nSPS) is 15.5. The molecule has 14 heteroatoms. The second kappa shape index (κ2) is 8.67. The first-order valence-electron chi connectivity index (χ1n) is 11.4. The van der Waals surface area contributed by atoms with E-state index >= 15 is 0 Å². The molecule has 4 heterocycles. The molecule has 0 N–H and O–H groups in total. The standard InChI is InChI=1S/C23H19FN8O4S/c24-16-4-6-17(7-5-16)31-22-20(13-26-31)23-27-21(28-30(23)14-25-22)15-8-10-29(11-9-15)37(35,36)19-3-1-2-18(12-19)32(33)34/h1-7,12-15H,8-11H2. The summed E-state index contributed by atoms with van der Waals surface area (Å²) in [7, 11) is -3.87. The fourth-order valence-corrected chi connectivity index (χ4v) is 6.05. The van der Waals surface area contributed by atoms with Crippen LogP contribution in [0, 0.1) is 15.9 Å². The molecule has 1 aliphatic heterocycles. The highest BCUT2D eigenvalue weighted by atomic mass is 32.2. The van der Waals surface area contributed by atoms with Crippen LogP contribution >= 0.6 is 0 Å². The van der Waals surface area contributed by atoms with Gasteiger partial charge in [0.2, 0.25) is 10.0 Å². The predicted octanol–water partition coefficient (Wildman–Crippen LogP) is 3.08. The predicted molar refractivity (Wildman–Crippen MR) is 129 cm³/mol. The second-order valence-corrected chi connectivity index (χ2v) is 10.6. The van der Waals surface area contributed by atoms with Crippen molar-refractivity contribution in [3.05, 3.63) is 82.8 Å². The largest absolute Gasteiger partial charge is 0.270 e. The summed E-state index contributed by atoms with van der Waals surface area (Å²) in [6.45, 7) is 0.475. The van der Waals surface area contributed by atoms with Gasteiger partial charge in [0.1, 0.15) is 12.1 Å². The Kier molecular flexibility index (Phi) is 5.42. The number of non-ortho nitro benzene ring substituents is 1. The number of benzene rings is 2. The number of halogens is 1. The number of piperidine rings is 1. The molecule has 1 saturated heterocycles. The van der Waals surface area contributed by atoms with E-state index in [-0.39, 0.29) is 35.4 Å². The molecule has 0 aliphatic carbocycles. The Bertz CT molecular complexity index is 1760. The summed E-state index contributed by atoms with van der Waals surface area (Å²) in [4.78, 5) is 19.5. The third-order valence-corrected chi connectivity index (χ3v) is 8.37. The molecule has 0 spiro atoms. The Labute approximate surface area is 209 Å². The fraction of sp³-hybridized carbons (Fsp3) is 0.217. The maximum Gasteiger partial charge on any atom is 0.270 e. The van der Waals surface area contributed by atoms with Crippen molar-refractivity contribution in [2.24, 2.45) is 0 Å². The first kappa shape index (κ1) is 23.1. The van der Waals surface area contributed by atoms with Crippen LogP contribution in [0.5, 0.6) is 0 Å². The average Bonchev–Trinajstić information content (AvgIpc) is 3.54. The highest BCUT2D eigenvalue weighted by molar-refractivity contribution is 7.89. The molecule has 0 radical (unpaired) electrons. The van der Waals surface area contributed by atoms with Gasteiger partial charge in [-0.2, -0.15) is 9.40 Å². The fourth-order valence-electron chi connectivity index (χ4n) is 4.54. The smallest absolute Gasteiger partial charge is 0.258 e. The van der Waals surface area contributed by atoms with Crippen LogP contribution in [-0.4, -0.2) is 60.1 Å². The van der Waals surface area contributed by atoms with E-state index in [9.17, 15) is 22.9 Å². The quantitative estimate of drug-likeness (QED) is 0.253. The molecular formula is C23H19FN8O4S. The van der Waals surface area contributed by atoms with Crippen LogP contribution < -0.4 is 0 Å². The summed E-state index contributed by atoms with van der Waals surface area (Å²) < 4.78 is 43.9. The average molecular weight is 523 g/mol. The van der Waals surface area contributed by atoms with Gasteiger partial charge in [-0.15, -0.1) is 5.10 Å². The summed E-state index contributed by atoms with van der Waals surface area (Å²) in [6.07, 6.45) is 4.17. The van der Waals surface area contributed by atoms with E-state index in [1.807, 2.05) is 0 Å². The molecule has 0 unspecified atom stereocenters. The summed E-state index contributed by atoms with van der Waals surface area (Å²) in [5.74, 6) is 0.163. The van der Waals surface area contributed by atoms with E-state index in [0.717, 1.165) is 6.07 Å². The minimum Gasteiger partial charge on any atom is -0.258 e. The lowest BCUT2D eigenvalue weighted by Gasteiger charge is -2.29. The maximum absolute atomic E-state index is 13.3. The van der Waals surface area contributed by atoms with E-state index in [1.165, 1.54) is 41.0 Å². The number of aromatic nitrogens is 6. The van der Waals surface area contributed by atoms with Gasteiger partial charge in [0.05, 0.1) is 27.1 Å². The molecule has 1 aliphatic rings. The van der Waals surface area contributed by atoms with E-state index < -0.39 is 14.9 Å². The van der Waals surface area contributed by atoms with Gasteiger partial charge < -0.3 is 0 Å². The first-order chi connectivity index (χ1) is 17.8. The molecule has 188 valence electrons. The molecule has 0 saturated carbocycles. The Morgan fingerprint density at radius 3 is 2.54 bits per heavy atom. The van der Waals surface area contributed by atoms with E-state index in [1.54, 1.807) is 27.5 Å². The van der Waals surface area contributed by atoms with Crippen LogP contribution in [0.4, 0.5) is 10.1 Å². The molecular weight excluding hydrogens is 503 g/mol. The van der Waals surface area contributed by atoms with Crippen LogP contribution in [0.25, 0.3) is 22.4 Å². The van der Waals surface area contributed by atoms with Crippen molar-refractivity contribution >= 4 is 32.4 Å². The number of nitro groups is 1. The Balaban J connectivity index is 1.24. The molecule has 0 atom stereocenters. The van der Waals surface area contributed by atoms with Gasteiger partial charge in [0.15, 0.2) is 17.1 Å². The van der Waals surface area contributed by atoms with Gasteiger partial charge in [0, 0.05) is 31.1 Å². The van der Waals surface area contributed by atoms with E-state index in [4.69, 9.17) is 4.98 Å². The molecule has 0 amide bonds. The monoisotopic (exact) mass is 522 g/mol. The topological polar surface area (TPSA) is 141 Å². The van der Waals surface area contributed by atoms with Crippen molar-refractivity contribution in [3.8, 4) is 5.69 Å². The van der Waals surface area contributed by atoms with E-state index in [0.29, 0.717) is 41.0 Å². The lowest BCUT2D eigenvalue weighted by Crippen LogP contribution is -2.38. The lowest BCUT2D eigenvalue weighted by atomic mass is 9.98. The lowest BCUT2D eigenvalue weighted by molar-refractivity contribution is -0.385. The Morgan fingerprint density at radius 2 is 1.81 bits per heavy atom. The van der Waals surface area contributed by atoms with Gasteiger partial charge in [-0.1, -0.05) is 6.07 Å². The van der Waals surface area contributed by atoms with Gasteiger partial charge >= 0.3 is 0 Å². The van der Waals surface area contributed by atoms with Crippen molar-refractivity contribution < 1.29 is 17.7 Å². The van der Waals surface area contributed by atoms with Crippen molar-refractivity contribution in [1.82, 2.24) is 33.7 Å². The minimum absolute atomic E-state index is 0.0707. The van der Waals surface area contributed by atoms with Gasteiger partial charge in [-0.3, -0.25) is 10.1 Å². The highest BCUT2D eigenvalue weighted by Crippen LogP contribution is 2.31. The van der Waals surface area contributed by atoms with Crippen LogP contribution in [-0.2, 0) is 10.0 Å². The van der Waals surface area contributed by atoms with E-state index in [2.05, 4.69) is 15.2 Å². The third-order valence-electron chi connectivity index (χ3n) is 6.48. The molecule has 3 aromatic heterocycles. The molecule has 12 nitrogen and oxygen atoms in total. The number of nitro benzene ring substituents is 1. The number of rotatable bonds is 5. The maximum atomic E-state index is 13.3. The molecule has 37 heavy (non-hydrogen) atoms. The molecule has 5 aromatic rings. The highest BCUT2D eigenvalue weighted by Gasteiger charge is 2.32. The summed E-state index contributed by atoms with van der Waals surface area (Å²) >= 11 is 0. The number of fused-ring (bicyclic) bond motifs is 3. The Morgan fingerprint density at radius 1 is 1.05 bits per heavy atom. The zero-order valence-corrected chi connectivity index (χ0v) is 20.0. The van der Waals surface area contributed by atoms with Crippen molar-refractivity contribution in [1.29, 1.82) is 0 Å². The summed E-state index contributed by atoms with van der Waals surface area (Å²) in [5.41, 5.74) is 1.51. The number of sulfonamides is 1. The molecule has 2 aromatic carbocycles. The van der Waals surface area contributed by atoms with Crippen LogP contribution in [0.2, 0.25) is 0 Å². The second-order valence-electron chi connectivity index (χ2n) is 8.69. The van der Waals surface area contributed by atoms with Crippen molar-refractivity contribution in [2.75, 3.05) is 13.1 Å². The van der Waals surface area contributed by atoms with Gasteiger partial charge in [0.25, 0.3) is 5.69 Å². The summed E-state index contributed by atoms with van der Waals surface area (Å²) in [5, 5.41) is 20.7. The Hall–Kier alpha value is -4.30. The van der Waals surface area contributed by atoms with Gasteiger partial charge in [-0.25, -0.2) is 32.0 Å². The SMILES string of the molecule is O=[N+]([O-])c1cccc(S(=O)(=O)N2CCC(c3nc4c5cnn(-c6ccc(F)cc6)c5ncn4n3)CC2)c1.